The molecule has 0 unspecified atom stereocenters. The number of likely N-dealkylation sites (N-methyl/N-ethyl adjacent to an activating group) is 1. The molecule has 1 saturated carbocycles. The summed E-state index contributed by atoms with van der Waals surface area (Å²) in [6.45, 7) is 3.49. The van der Waals surface area contributed by atoms with Crippen LogP contribution in [0.4, 0.5) is 4.79 Å². The van der Waals surface area contributed by atoms with Gasteiger partial charge in [-0.15, -0.1) is 0 Å². The number of urea groups is 1. The second-order valence-corrected chi connectivity index (χ2v) is 7.21. The zero-order chi connectivity index (χ0) is 17.1. The van der Waals surface area contributed by atoms with Crippen LogP contribution >= 0.6 is 0 Å². The maximum absolute atomic E-state index is 12.6. The lowest BCUT2D eigenvalue weighted by Crippen LogP contribution is -2.57. The molecule has 24 heavy (non-hydrogen) atoms. The van der Waals surface area contributed by atoms with Crippen LogP contribution in [0.15, 0.2) is 0 Å². The number of ether oxygens (including phenoxy) is 1. The molecule has 0 aromatic carbocycles. The molecule has 0 aromatic rings. The first-order valence-electron chi connectivity index (χ1n) is 9.17. The summed E-state index contributed by atoms with van der Waals surface area (Å²) in [6, 6.07) is 0.134. The van der Waals surface area contributed by atoms with Crippen molar-refractivity contribution < 1.29 is 14.3 Å². The molecular formula is C17H30N4O3. The molecule has 0 bridgehead atoms. The number of carbonyl (C=O) groups is 2. The number of carbonyl (C=O) groups excluding carboxylic acids is 2. The Labute approximate surface area is 144 Å². The minimum atomic E-state index is -0.0194. The Bertz CT molecular complexity index is 465. The van der Waals surface area contributed by atoms with Crippen molar-refractivity contribution in [2.45, 2.75) is 50.3 Å². The first-order chi connectivity index (χ1) is 11.6. The second kappa shape index (κ2) is 7.70. The van der Waals surface area contributed by atoms with Crippen LogP contribution in [0.1, 0.15) is 32.1 Å². The molecule has 2 saturated heterocycles. The van der Waals surface area contributed by atoms with Gasteiger partial charge in [-0.2, -0.15) is 0 Å². The number of hydrogen-bond acceptors (Lipinski definition) is 4. The van der Waals surface area contributed by atoms with Gasteiger partial charge in [0.2, 0.25) is 5.91 Å². The van der Waals surface area contributed by atoms with Gasteiger partial charge in [0.15, 0.2) is 0 Å². The summed E-state index contributed by atoms with van der Waals surface area (Å²) in [5, 5.41) is 3.11. The predicted molar refractivity (Wildman–Crippen MR) is 90.8 cm³/mol. The van der Waals surface area contributed by atoms with E-state index in [4.69, 9.17) is 4.74 Å². The normalized spacial score (nSPS) is 31.5. The minimum absolute atomic E-state index is 0.0194. The van der Waals surface area contributed by atoms with Crippen LogP contribution in [0.3, 0.4) is 0 Å². The summed E-state index contributed by atoms with van der Waals surface area (Å²) >= 11 is 0. The largest absolute Gasteiger partial charge is 0.379 e. The quantitative estimate of drug-likeness (QED) is 0.814. The average Bonchev–Trinajstić information content (AvgIpc) is 3.22. The number of nitrogens with zero attached hydrogens (tertiary/aromatic N) is 3. The number of amides is 3. The highest BCUT2D eigenvalue weighted by molar-refractivity contribution is 5.82. The van der Waals surface area contributed by atoms with Gasteiger partial charge in [-0.25, -0.2) is 4.79 Å². The first kappa shape index (κ1) is 17.5. The maximum atomic E-state index is 12.6. The summed E-state index contributed by atoms with van der Waals surface area (Å²) in [5.41, 5.74) is 0. The van der Waals surface area contributed by atoms with Crippen molar-refractivity contribution in [1.82, 2.24) is 20.0 Å². The van der Waals surface area contributed by atoms with Crippen LogP contribution in [0.2, 0.25) is 0 Å². The summed E-state index contributed by atoms with van der Waals surface area (Å²) in [6.07, 6.45) is 5.28. The van der Waals surface area contributed by atoms with E-state index in [2.05, 4.69) is 10.2 Å². The Morgan fingerprint density at radius 1 is 0.958 bits per heavy atom. The van der Waals surface area contributed by atoms with Crippen LogP contribution in [0.25, 0.3) is 0 Å². The van der Waals surface area contributed by atoms with Gasteiger partial charge in [0.1, 0.15) is 0 Å². The van der Waals surface area contributed by atoms with Crippen molar-refractivity contribution in [3.05, 3.63) is 0 Å². The molecule has 0 spiro atoms. The smallest absolute Gasteiger partial charge is 0.317 e. The van der Waals surface area contributed by atoms with E-state index in [1.54, 1.807) is 7.11 Å². The van der Waals surface area contributed by atoms with Crippen molar-refractivity contribution in [3.63, 3.8) is 0 Å². The maximum Gasteiger partial charge on any atom is 0.317 e. The fraction of sp³-hybridized carbons (Fsp3) is 0.882. The average molecular weight is 338 g/mol. The number of likely N-dealkylation sites (tertiary alicyclic amines) is 1. The molecule has 1 aliphatic carbocycles. The number of hydrogen-bond donors (Lipinski definition) is 1. The molecule has 3 fully saturated rings. The Kier molecular flexibility index (Phi) is 5.61. The van der Waals surface area contributed by atoms with Gasteiger partial charge in [0, 0.05) is 33.3 Å². The van der Waals surface area contributed by atoms with Crippen LogP contribution in [-0.4, -0.2) is 91.7 Å². The molecular weight excluding hydrogens is 308 g/mol. The summed E-state index contributed by atoms with van der Waals surface area (Å²) in [5.74, 6) is 0.227. The molecule has 3 atom stereocenters. The standard InChI is InChI=1S/C17H30N4O3/c1-19-8-4-6-14(19)16(22)20-9-11-21(12-10-20)17(23)18-13-5-3-7-15(13)24-2/h13-15H,3-12H2,1-2H3,(H,18,23)/t13-,14+,15-/m1/s1. The molecule has 0 radical (unpaired) electrons. The van der Waals surface area contributed by atoms with Crippen molar-refractivity contribution in [2.75, 3.05) is 46.9 Å². The molecule has 3 aliphatic rings. The van der Waals surface area contributed by atoms with E-state index >= 15 is 0 Å². The third kappa shape index (κ3) is 3.67. The van der Waals surface area contributed by atoms with Gasteiger partial charge in [-0.05, 0) is 45.7 Å². The molecule has 7 heteroatoms. The summed E-state index contributed by atoms with van der Waals surface area (Å²) in [7, 11) is 3.73. The van der Waals surface area contributed by atoms with Crippen molar-refractivity contribution >= 4 is 11.9 Å². The SMILES string of the molecule is CO[C@@H]1CCC[C@H]1NC(=O)N1CCN(C(=O)[C@@H]2CCCN2C)CC1. The van der Waals surface area contributed by atoms with Crippen LogP contribution in [0, 0.1) is 0 Å². The zero-order valence-corrected chi connectivity index (χ0v) is 14.9. The molecule has 2 heterocycles. The molecule has 3 rings (SSSR count). The topological polar surface area (TPSA) is 65.1 Å². The zero-order valence-electron chi connectivity index (χ0n) is 14.9. The van der Waals surface area contributed by atoms with Crippen LogP contribution in [-0.2, 0) is 9.53 Å². The lowest BCUT2D eigenvalue weighted by atomic mass is 10.1. The monoisotopic (exact) mass is 338 g/mol. The highest BCUT2D eigenvalue weighted by Crippen LogP contribution is 2.22. The first-order valence-corrected chi connectivity index (χ1v) is 9.17. The second-order valence-electron chi connectivity index (χ2n) is 7.21. The highest BCUT2D eigenvalue weighted by atomic mass is 16.5. The lowest BCUT2D eigenvalue weighted by Gasteiger charge is -2.37. The third-order valence-electron chi connectivity index (χ3n) is 5.75. The fourth-order valence-electron chi connectivity index (χ4n) is 4.19. The van der Waals surface area contributed by atoms with Crippen molar-refractivity contribution in [3.8, 4) is 0 Å². The highest BCUT2D eigenvalue weighted by Gasteiger charge is 2.34. The van der Waals surface area contributed by atoms with E-state index in [9.17, 15) is 9.59 Å². The number of nitrogens with one attached hydrogen (secondary N) is 1. The van der Waals surface area contributed by atoms with Crippen molar-refractivity contribution in [1.29, 1.82) is 0 Å². The number of rotatable bonds is 3. The Balaban J connectivity index is 1.46. The molecule has 2 aliphatic heterocycles. The fourth-order valence-corrected chi connectivity index (χ4v) is 4.19. The van der Waals surface area contributed by atoms with Gasteiger partial charge < -0.3 is 19.9 Å². The van der Waals surface area contributed by atoms with Crippen molar-refractivity contribution in [2.24, 2.45) is 0 Å². The van der Waals surface area contributed by atoms with Crippen LogP contribution in [0.5, 0.6) is 0 Å². The lowest BCUT2D eigenvalue weighted by molar-refractivity contribution is -0.137. The molecule has 0 aromatic heterocycles. The van der Waals surface area contributed by atoms with E-state index in [0.29, 0.717) is 26.2 Å². The van der Waals surface area contributed by atoms with Crippen LogP contribution < -0.4 is 5.32 Å². The molecule has 7 nitrogen and oxygen atoms in total. The molecule has 1 N–H and O–H groups in total. The third-order valence-corrected chi connectivity index (χ3v) is 5.75. The van der Waals surface area contributed by atoms with Gasteiger partial charge in [-0.1, -0.05) is 0 Å². The van der Waals surface area contributed by atoms with E-state index < -0.39 is 0 Å². The Hall–Kier alpha value is -1.34. The minimum Gasteiger partial charge on any atom is -0.379 e. The van der Waals surface area contributed by atoms with E-state index in [-0.39, 0.29) is 30.1 Å². The number of piperazine rings is 1. The van der Waals surface area contributed by atoms with E-state index in [0.717, 1.165) is 38.6 Å². The molecule has 136 valence electrons. The van der Waals surface area contributed by atoms with Gasteiger partial charge in [0.05, 0.1) is 18.2 Å². The Morgan fingerprint density at radius 3 is 2.29 bits per heavy atom. The van der Waals surface area contributed by atoms with Gasteiger partial charge in [0.25, 0.3) is 0 Å². The van der Waals surface area contributed by atoms with E-state index in [1.165, 1.54) is 0 Å². The summed E-state index contributed by atoms with van der Waals surface area (Å²) < 4.78 is 5.44. The molecule has 3 amide bonds. The van der Waals surface area contributed by atoms with E-state index in [1.807, 2.05) is 16.8 Å². The summed E-state index contributed by atoms with van der Waals surface area (Å²) in [4.78, 5) is 30.9. The number of methoxy groups -OCH3 is 1. The van der Waals surface area contributed by atoms with Gasteiger partial charge >= 0.3 is 6.03 Å². The Morgan fingerprint density at radius 2 is 1.67 bits per heavy atom. The van der Waals surface area contributed by atoms with Gasteiger partial charge in [-0.3, -0.25) is 9.69 Å². The predicted octanol–water partition coefficient (Wildman–Crippen LogP) is 0.502.